The summed E-state index contributed by atoms with van der Waals surface area (Å²) in [6.45, 7) is 0.410. The summed E-state index contributed by atoms with van der Waals surface area (Å²) in [5.41, 5.74) is 3.89. The molecule has 0 unspecified atom stereocenters. The summed E-state index contributed by atoms with van der Waals surface area (Å²) >= 11 is 0. The first-order valence-corrected chi connectivity index (χ1v) is 7.73. The molecule has 2 heterocycles. The van der Waals surface area contributed by atoms with Gasteiger partial charge in [-0.3, -0.25) is 0 Å². The number of H-pyrrole nitrogens is 1. The summed E-state index contributed by atoms with van der Waals surface area (Å²) in [7, 11) is 0. The Morgan fingerprint density at radius 1 is 1.00 bits per heavy atom. The minimum atomic E-state index is 0.132. The number of pyridine rings is 1. The topological polar surface area (TPSA) is 58.1 Å². The Bertz CT molecular complexity index is 977. The minimum absolute atomic E-state index is 0.132. The smallest absolute Gasteiger partial charge is 0.162 e. The average Bonchev–Trinajstić information content (AvgIpc) is 3.06. The largest absolute Gasteiger partial charge is 0.504 e. The molecule has 4 aromatic rings. The normalized spacial score (nSPS) is 10.8. The van der Waals surface area contributed by atoms with Crippen molar-refractivity contribution >= 4 is 11.0 Å². The van der Waals surface area contributed by atoms with Gasteiger partial charge in [0.05, 0.1) is 0 Å². The van der Waals surface area contributed by atoms with E-state index < -0.39 is 0 Å². The van der Waals surface area contributed by atoms with Gasteiger partial charge >= 0.3 is 0 Å². The highest BCUT2D eigenvalue weighted by Gasteiger charge is 2.10. The van der Waals surface area contributed by atoms with E-state index in [4.69, 9.17) is 4.74 Å². The van der Waals surface area contributed by atoms with E-state index in [-0.39, 0.29) is 5.75 Å². The third-order valence-electron chi connectivity index (χ3n) is 3.96. The van der Waals surface area contributed by atoms with Gasteiger partial charge in [0.2, 0.25) is 0 Å². The van der Waals surface area contributed by atoms with Gasteiger partial charge in [-0.25, -0.2) is 4.98 Å². The van der Waals surface area contributed by atoms with Crippen molar-refractivity contribution in [2.45, 2.75) is 6.61 Å². The predicted molar refractivity (Wildman–Crippen MR) is 94.0 cm³/mol. The standard InChI is InChI=1S/C20H16N2O2/c23-18-9-8-15(17-12-22-20-16(17)7-4-10-21-20)11-19(18)24-13-14-5-2-1-3-6-14/h1-12,23H,13H2,(H,21,22). The summed E-state index contributed by atoms with van der Waals surface area (Å²) < 4.78 is 5.80. The number of phenolic OH excluding ortho intramolecular Hbond substituents is 1. The maximum atomic E-state index is 10.1. The molecular formula is C20H16N2O2. The van der Waals surface area contributed by atoms with E-state index in [9.17, 15) is 5.11 Å². The van der Waals surface area contributed by atoms with Crippen LogP contribution in [0.5, 0.6) is 11.5 Å². The summed E-state index contributed by atoms with van der Waals surface area (Å²) in [6.07, 6.45) is 3.68. The number of hydrogen-bond donors (Lipinski definition) is 2. The van der Waals surface area contributed by atoms with E-state index in [1.807, 2.05) is 60.8 Å². The summed E-state index contributed by atoms with van der Waals surface area (Å²) in [6, 6.07) is 19.2. The van der Waals surface area contributed by atoms with Crippen LogP contribution >= 0.6 is 0 Å². The molecule has 2 aromatic heterocycles. The lowest BCUT2D eigenvalue weighted by Crippen LogP contribution is -1.95. The van der Waals surface area contributed by atoms with Gasteiger partial charge in [0.1, 0.15) is 12.3 Å². The summed E-state index contributed by atoms with van der Waals surface area (Å²) in [5.74, 6) is 0.599. The van der Waals surface area contributed by atoms with E-state index in [1.54, 1.807) is 12.3 Å². The van der Waals surface area contributed by atoms with E-state index in [1.165, 1.54) is 0 Å². The van der Waals surface area contributed by atoms with Crippen LogP contribution in [-0.2, 0) is 6.61 Å². The van der Waals surface area contributed by atoms with Gasteiger partial charge in [-0.05, 0) is 35.4 Å². The molecule has 0 amide bonds. The number of hydrogen-bond acceptors (Lipinski definition) is 3. The van der Waals surface area contributed by atoms with Crippen molar-refractivity contribution in [3.05, 3.63) is 78.6 Å². The van der Waals surface area contributed by atoms with Gasteiger partial charge in [-0.1, -0.05) is 36.4 Å². The van der Waals surface area contributed by atoms with Gasteiger partial charge in [0.25, 0.3) is 0 Å². The van der Waals surface area contributed by atoms with Crippen LogP contribution in [0.25, 0.3) is 22.2 Å². The van der Waals surface area contributed by atoms with Crippen LogP contribution in [0.3, 0.4) is 0 Å². The molecule has 118 valence electrons. The Labute approximate surface area is 139 Å². The fourth-order valence-corrected chi connectivity index (χ4v) is 2.73. The SMILES string of the molecule is Oc1ccc(-c2c[nH]c3ncccc23)cc1OCc1ccccc1. The molecule has 0 aliphatic carbocycles. The van der Waals surface area contributed by atoms with Crippen LogP contribution < -0.4 is 4.74 Å². The summed E-state index contributed by atoms with van der Waals surface area (Å²) in [5, 5.41) is 11.1. The van der Waals surface area contributed by atoms with E-state index in [2.05, 4.69) is 9.97 Å². The molecule has 0 radical (unpaired) electrons. The number of nitrogens with zero attached hydrogens (tertiary/aromatic N) is 1. The highest BCUT2D eigenvalue weighted by atomic mass is 16.5. The molecule has 24 heavy (non-hydrogen) atoms. The number of aromatic hydroxyl groups is 1. The number of fused-ring (bicyclic) bond motifs is 1. The lowest BCUT2D eigenvalue weighted by Gasteiger charge is -2.10. The van der Waals surface area contributed by atoms with Crippen molar-refractivity contribution in [3.8, 4) is 22.6 Å². The lowest BCUT2D eigenvalue weighted by atomic mass is 10.1. The third-order valence-corrected chi connectivity index (χ3v) is 3.96. The second-order valence-corrected chi connectivity index (χ2v) is 5.56. The van der Waals surface area contributed by atoms with Crippen molar-refractivity contribution in [3.63, 3.8) is 0 Å². The summed E-state index contributed by atoms with van der Waals surface area (Å²) in [4.78, 5) is 7.47. The molecule has 4 rings (SSSR count). The fraction of sp³-hybridized carbons (Fsp3) is 0.0500. The van der Waals surface area contributed by atoms with Crippen LogP contribution in [0.2, 0.25) is 0 Å². The first-order chi connectivity index (χ1) is 11.8. The first kappa shape index (κ1) is 14.3. The Kier molecular flexibility index (Phi) is 3.63. The number of ether oxygens (including phenoxy) is 1. The molecule has 4 heteroatoms. The van der Waals surface area contributed by atoms with Gasteiger partial charge in [0.15, 0.2) is 11.5 Å². The maximum Gasteiger partial charge on any atom is 0.162 e. The molecule has 0 saturated carbocycles. The predicted octanol–water partition coefficient (Wildman–Crippen LogP) is 4.51. The molecule has 0 fully saturated rings. The highest BCUT2D eigenvalue weighted by Crippen LogP contribution is 2.35. The molecule has 0 aliphatic rings. The average molecular weight is 316 g/mol. The zero-order chi connectivity index (χ0) is 16.4. The Morgan fingerprint density at radius 3 is 2.75 bits per heavy atom. The molecule has 0 aliphatic heterocycles. The van der Waals surface area contributed by atoms with Crippen LogP contribution in [-0.4, -0.2) is 15.1 Å². The number of phenols is 1. The molecule has 0 atom stereocenters. The van der Waals surface area contributed by atoms with Crippen molar-refractivity contribution in [2.75, 3.05) is 0 Å². The monoisotopic (exact) mass is 316 g/mol. The molecular weight excluding hydrogens is 300 g/mol. The number of rotatable bonds is 4. The van der Waals surface area contributed by atoms with Gasteiger partial charge in [-0.2, -0.15) is 0 Å². The van der Waals surface area contributed by atoms with Crippen LogP contribution in [0, 0.1) is 0 Å². The molecule has 0 spiro atoms. The van der Waals surface area contributed by atoms with Crippen LogP contribution in [0.15, 0.2) is 73.1 Å². The fourth-order valence-electron chi connectivity index (χ4n) is 2.73. The Morgan fingerprint density at radius 2 is 1.88 bits per heavy atom. The molecule has 2 N–H and O–H groups in total. The maximum absolute atomic E-state index is 10.1. The number of aromatic nitrogens is 2. The number of aromatic amines is 1. The molecule has 2 aromatic carbocycles. The quantitative estimate of drug-likeness (QED) is 0.582. The molecule has 4 nitrogen and oxygen atoms in total. The van der Waals surface area contributed by atoms with Gasteiger partial charge in [-0.15, -0.1) is 0 Å². The van der Waals surface area contributed by atoms with Crippen LogP contribution in [0.1, 0.15) is 5.56 Å². The van der Waals surface area contributed by atoms with Crippen molar-refractivity contribution in [1.82, 2.24) is 9.97 Å². The van der Waals surface area contributed by atoms with Crippen molar-refractivity contribution < 1.29 is 9.84 Å². The zero-order valence-corrected chi connectivity index (χ0v) is 12.9. The highest BCUT2D eigenvalue weighted by molar-refractivity contribution is 5.93. The lowest BCUT2D eigenvalue weighted by molar-refractivity contribution is 0.289. The van der Waals surface area contributed by atoms with E-state index >= 15 is 0 Å². The molecule has 0 bridgehead atoms. The molecule has 0 saturated heterocycles. The second kappa shape index (κ2) is 6.08. The zero-order valence-electron chi connectivity index (χ0n) is 12.9. The van der Waals surface area contributed by atoms with Gasteiger partial charge in [0, 0.05) is 23.3 Å². The van der Waals surface area contributed by atoms with E-state index in [0.717, 1.165) is 27.7 Å². The first-order valence-electron chi connectivity index (χ1n) is 7.73. The second-order valence-electron chi connectivity index (χ2n) is 5.56. The number of nitrogens with one attached hydrogen (secondary N) is 1. The Balaban J connectivity index is 1.66. The van der Waals surface area contributed by atoms with E-state index in [0.29, 0.717) is 12.4 Å². The Hall–Kier alpha value is -3.27. The van der Waals surface area contributed by atoms with Gasteiger partial charge < -0.3 is 14.8 Å². The van der Waals surface area contributed by atoms with Crippen molar-refractivity contribution in [2.24, 2.45) is 0 Å². The number of benzene rings is 2. The van der Waals surface area contributed by atoms with Crippen molar-refractivity contribution in [1.29, 1.82) is 0 Å². The minimum Gasteiger partial charge on any atom is -0.504 e. The van der Waals surface area contributed by atoms with Crippen LogP contribution in [0.4, 0.5) is 0 Å². The third kappa shape index (κ3) is 2.70.